The predicted molar refractivity (Wildman–Crippen MR) is 159 cm³/mol. The van der Waals surface area contributed by atoms with Crippen molar-refractivity contribution in [3.05, 3.63) is 99.6 Å². The quantitative estimate of drug-likeness (QED) is 0.241. The van der Waals surface area contributed by atoms with E-state index in [1.165, 1.54) is 18.2 Å². The van der Waals surface area contributed by atoms with Crippen molar-refractivity contribution in [2.75, 3.05) is 19.7 Å². The second kappa shape index (κ2) is 11.4. The number of hydrogen-bond acceptors (Lipinski definition) is 5. The van der Waals surface area contributed by atoms with Crippen molar-refractivity contribution in [3.8, 4) is 5.75 Å². The summed E-state index contributed by atoms with van der Waals surface area (Å²) in [6.45, 7) is 3.59. The lowest BCUT2D eigenvalue weighted by atomic mass is 9.86. The van der Waals surface area contributed by atoms with Crippen LogP contribution < -0.4 is 4.74 Å². The van der Waals surface area contributed by atoms with E-state index in [0.29, 0.717) is 24.4 Å². The van der Waals surface area contributed by atoms with Crippen LogP contribution in [0.4, 0.5) is 8.78 Å². The largest absolute Gasteiger partial charge is 0.480 e. The average Bonchev–Trinajstić information content (AvgIpc) is 3.31. The summed E-state index contributed by atoms with van der Waals surface area (Å²) in [5, 5.41) is 9.80. The molecule has 10 heteroatoms. The first kappa shape index (κ1) is 28.0. The van der Waals surface area contributed by atoms with E-state index in [1.807, 2.05) is 12.1 Å². The molecule has 0 bridgehead atoms. The summed E-state index contributed by atoms with van der Waals surface area (Å²) in [4.78, 5) is 18.8. The number of halogens is 3. The van der Waals surface area contributed by atoms with Crippen LogP contribution in [-0.2, 0) is 17.8 Å². The Labute approximate surface area is 252 Å². The molecule has 7 rings (SSSR count). The first-order valence-corrected chi connectivity index (χ1v) is 14.9. The second-order valence-corrected chi connectivity index (χ2v) is 11.9. The molecule has 43 heavy (non-hydrogen) atoms. The fourth-order valence-corrected chi connectivity index (χ4v) is 6.49. The van der Waals surface area contributed by atoms with E-state index < -0.39 is 23.7 Å². The second-order valence-electron chi connectivity index (χ2n) is 11.4. The summed E-state index contributed by atoms with van der Waals surface area (Å²) in [5.41, 5.74) is 3.35. The third-order valence-electron chi connectivity index (χ3n) is 8.76. The van der Waals surface area contributed by atoms with Gasteiger partial charge in [-0.25, -0.2) is 18.6 Å². The number of likely N-dealkylation sites (tertiary alicyclic amines) is 1. The van der Waals surface area contributed by atoms with Gasteiger partial charge in [0.15, 0.2) is 0 Å². The first-order valence-electron chi connectivity index (χ1n) is 14.5. The van der Waals surface area contributed by atoms with Crippen molar-refractivity contribution in [2.45, 2.75) is 50.5 Å². The van der Waals surface area contributed by atoms with Gasteiger partial charge < -0.3 is 19.1 Å². The minimum absolute atomic E-state index is 0.0965. The first-order chi connectivity index (χ1) is 20.8. The minimum atomic E-state index is -0.967. The molecular weight excluding hydrogens is 576 g/mol. The van der Waals surface area contributed by atoms with Crippen molar-refractivity contribution in [2.24, 2.45) is 0 Å². The highest BCUT2D eigenvalue weighted by molar-refractivity contribution is 6.30. The van der Waals surface area contributed by atoms with Gasteiger partial charge in [-0.05, 0) is 86.3 Å². The number of aromatic carboxylic acids is 1. The number of hydrogen-bond donors (Lipinski definition) is 1. The van der Waals surface area contributed by atoms with Crippen LogP contribution in [0.1, 0.15) is 64.2 Å². The van der Waals surface area contributed by atoms with Gasteiger partial charge in [0.25, 0.3) is 0 Å². The van der Waals surface area contributed by atoms with Crippen LogP contribution in [0.3, 0.4) is 0 Å². The van der Waals surface area contributed by atoms with Gasteiger partial charge in [-0.1, -0.05) is 29.8 Å². The van der Waals surface area contributed by atoms with Crippen LogP contribution in [-0.4, -0.2) is 51.3 Å². The molecule has 4 heterocycles. The Kier molecular flexibility index (Phi) is 7.41. The molecule has 1 unspecified atom stereocenters. The predicted octanol–water partition coefficient (Wildman–Crippen LogP) is 7.14. The van der Waals surface area contributed by atoms with Crippen LogP contribution in [0.15, 0.2) is 60.7 Å². The van der Waals surface area contributed by atoms with E-state index in [1.54, 1.807) is 30.3 Å². The molecule has 222 valence electrons. The lowest BCUT2D eigenvalue weighted by molar-refractivity contribution is -0.0592. The fraction of sp³-hybridized carbons (Fsp3) is 0.333. The summed E-state index contributed by atoms with van der Waals surface area (Å²) in [6.07, 6.45) is 3.15. The number of para-hydroxylation sites is 1. The van der Waals surface area contributed by atoms with Gasteiger partial charge in [-0.3, -0.25) is 4.90 Å². The van der Waals surface area contributed by atoms with E-state index >= 15 is 4.39 Å². The monoisotopic (exact) mass is 605 g/mol. The van der Waals surface area contributed by atoms with Crippen LogP contribution in [0.25, 0.3) is 16.9 Å². The van der Waals surface area contributed by atoms with Gasteiger partial charge in [0, 0.05) is 17.2 Å². The number of fused-ring (bicyclic) bond motifs is 2. The number of nitrogens with zero attached hydrogens (tertiary/aromatic N) is 3. The molecule has 3 aromatic carbocycles. The highest BCUT2D eigenvalue weighted by Crippen LogP contribution is 2.45. The van der Waals surface area contributed by atoms with E-state index in [0.717, 1.165) is 61.4 Å². The van der Waals surface area contributed by atoms with E-state index in [4.69, 9.17) is 26.1 Å². The van der Waals surface area contributed by atoms with Crippen LogP contribution >= 0.6 is 11.6 Å². The van der Waals surface area contributed by atoms with Crippen LogP contribution in [0.5, 0.6) is 5.75 Å². The summed E-state index contributed by atoms with van der Waals surface area (Å²) in [6, 6.07) is 14.9. The summed E-state index contributed by atoms with van der Waals surface area (Å²) < 4.78 is 44.0. The Balaban J connectivity index is 1.10. The Hall–Kier alpha value is -3.79. The van der Waals surface area contributed by atoms with Crippen molar-refractivity contribution in [1.82, 2.24) is 14.5 Å². The number of imidazole rings is 1. The molecule has 7 nitrogen and oxygen atoms in total. The zero-order valence-electron chi connectivity index (χ0n) is 23.3. The molecule has 0 aliphatic carbocycles. The minimum Gasteiger partial charge on any atom is -0.480 e. The van der Waals surface area contributed by atoms with Gasteiger partial charge >= 0.3 is 5.97 Å². The van der Waals surface area contributed by atoms with Gasteiger partial charge in [-0.2, -0.15) is 0 Å². The summed E-state index contributed by atoms with van der Waals surface area (Å²) in [5.74, 6) is -0.438. The van der Waals surface area contributed by atoms with Crippen LogP contribution in [0, 0.1) is 5.82 Å². The lowest BCUT2D eigenvalue weighted by Gasteiger charge is -2.34. The van der Waals surface area contributed by atoms with Crippen molar-refractivity contribution >= 4 is 34.4 Å². The van der Waals surface area contributed by atoms with E-state index in [2.05, 4.69) is 9.47 Å². The van der Waals surface area contributed by atoms with Crippen molar-refractivity contribution < 1.29 is 28.2 Å². The molecular formula is C33H30ClF2N3O4. The molecule has 1 aromatic heterocycles. The third kappa shape index (κ3) is 5.41. The Morgan fingerprint density at radius 2 is 1.86 bits per heavy atom. The normalized spacial score (nSPS) is 20.8. The number of carboxylic acid groups (broad SMARTS) is 1. The zero-order chi connectivity index (χ0) is 29.7. The molecule has 0 amide bonds. The van der Waals surface area contributed by atoms with Crippen molar-refractivity contribution in [1.29, 1.82) is 0 Å². The zero-order valence-corrected chi connectivity index (χ0v) is 24.1. The number of benzene rings is 3. The number of carbonyl (C=O) groups is 1. The number of piperidine rings is 1. The standard InChI is InChI=1S/C33H30ClF2N3O4/c34-21-5-6-24(26(35)15-21)30-16-27(36)25-3-1-2-23(32(25)43-30)19-8-11-38(12-9-19)18-31-37-28-7-4-20(33(40)41)14-29(28)39(31)17-22-10-13-42-22/h1-7,14-16,19,22,30H,8-13,17-18H2,(H,40,41)/t22-,30?/m0/s1. The average molecular weight is 606 g/mol. The number of ether oxygens (including phenoxy) is 2. The van der Waals surface area contributed by atoms with Gasteiger partial charge in [0.1, 0.15) is 29.3 Å². The molecule has 3 aliphatic rings. The Bertz CT molecular complexity index is 1740. The molecule has 3 aliphatic heterocycles. The third-order valence-corrected chi connectivity index (χ3v) is 9.00. The molecule has 2 saturated heterocycles. The highest BCUT2D eigenvalue weighted by Gasteiger charge is 2.31. The summed E-state index contributed by atoms with van der Waals surface area (Å²) >= 11 is 5.93. The topological polar surface area (TPSA) is 76.8 Å². The molecule has 2 atom stereocenters. The maximum absolute atomic E-state index is 15.3. The Morgan fingerprint density at radius 1 is 1.05 bits per heavy atom. The van der Waals surface area contributed by atoms with E-state index in [9.17, 15) is 14.3 Å². The molecule has 0 spiro atoms. The van der Waals surface area contributed by atoms with E-state index in [-0.39, 0.29) is 28.2 Å². The van der Waals surface area contributed by atoms with Crippen molar-refractivity contribution in [3.63, 3.8) is 0 Å². The van der Waals surface area contributed by atoms with Crippen LogP contribution in [0.2, 0.25) is 5.02 Å². The number of rotatable bonds is 7. The maximum Gasteiger partial charge on any atom is 0.335 e. The highest BCUT2D eigenvalue weighted by atomic mass is 35.5. The number of carboxylic acids is 1. The molecule has 0 radical (unpaired) electrons. The van der Waals surface area contributed by atoms with Gasteiger partial charge in [0.2, 0.25) is 0 Å². The number of aromatic nitrogens is 2. The fourth-order valence-electron chi connectivity index (χ4n) is 6.33. The lowest BCUT2D eigenvalue weighted by Crippen LogP contribution is -2.35. The smallest absolute Gasteiger partial charge is 0.335 e. The molecule has 4 aromatic rings. The molecule has 0 saturated carbocycles. The Morgan fingerprint density at radius 3 is 2.58 bits per heavy atom. The maximum atomic E-state index is 15.3. The SMILES string of the molecule is O=C(O)c1ccc2nc(CN3CCC(c4cccc5c4OC(c4ccc(Cl)cc4F)C=C5F)CC3)n(C[C@@H]3CCO3)c2c1. The molecule has 2 fully saturated rings. The summed E-state index contributed by atoms with van der Waals surface area (Å²) in [7, 11) is 0. The molecule has 1 N–H and O–H groups in total. The van der Waals surface area contributed by atoms with Gasteiger partial charge in [-0.15, -0.1) is 0 Å². The van der Waals surface area contributed by atoms with Gasteiger partial charge in [0.05, 0.1) is 41.4 Å².